The van der Waals surface area contributed by atoms with Gasteiger partial charge in [0.2, 0.25) is 0 Å². The summed E-state index contributed by atoms with van der Waals surface area (Å²) >= 11 is 0. The van der Waals surface area contributed by atoms with Crippen LogP contribution in [0.1, 0.15) is 41.5 Å². The first-order valence-electron chi connectivity index (χ1n) is 8.68. The minimum atomic E-state index is -1.35. The summed E-state index contributed by atoms with van der Waals surface area (Å²) in [6.45, 7) is 12.3. The number of aliphatic carboxylic acids is 2. The van der Waals surface area contributed by atoms with Gasteiger partial charge in [0.25, 0.3) is 0 Å². The number of ether oxygens (including phenoxy) is 4. The second-order valence-corrected chi connectivity index (χ2v) is 8.01. The Kier molecular flexibility index (Phi) is 10.3. The minimum Gasteiger partial charge on any atom is -0.480 e. The Labute approximate surface area is 155 Å². The predicted octanol–water partition coefficient (Wildman–Crippen LogP) is 2.05. The maximum absolute atomic E-state index is 12.0. The van der Waals surface area contributed by atoms with Gasteiger partial charge in [-0.25, -0.2) is 9.59 Å². The average Bonchev–Trinajstić information content (AvgIpc) is 2.44. The molecule has 8 nitrogen and oxygen atoms in total. The third-order valence-corrected chi connectivity index (χ3v) is 3.93. The molecule has 0 aliphatic carbocycles. The van der Waals surface area contributed by atoms with Crippen molar-refractivity contribution in [2.75, 3.05) is 46.2 Å². The number of rotatable bonds is 13. The first-order chi connectivity index (χ1) is 11.9. The van der Waals surface area contributed by atoms with Crippen LogP contribution >= 0.6 is 0 Å². The fraction of sp³-hybridized carbons (Fsp3) is 0.889. The number of carbonyl (C=O) groups is 2. The molecule has 0 aromatic rings. The van der Waals surface area contributed by atoms with E-state index in [2.05, 4.69) is 0 Å². The highest BCUT2D eigenvalue weighted by molar-refractivity contribution is 5.79. The van der Waals surface area contributed by atoms with E-state index in [1.807, 2.05) is 41.5 Å². The molecule has 0 heterocycles. The van der Waals surface area contributed by atoms with Crippen molar-refractivity contribution in [1.82, 2.24) is 0 Å². The van der Waals surface area contributed by atoms with Gasteiger partial charge < -0.3 is 29.2 Å². The molecule has 0 spiro atoms. The van der Waals surface area contributed by atoms with Crippen molar-refractivity contribution in [2.24, 2.45) is 10.8 Å². The van der Waals surface area contributed by atoms with Crippen molar-refractivity contribution in [3.8, 4) is 0 Å². The molecule has 0 rings (SSSR count). The van der Waals surface area contributed by atoms with Gasteiger partial charge in [-0.15, -0.1) is 0 Å². The highest BCUT2D eigenvalue weighted by atomic mass is 16.6. The second kappa shape index (κ2) is 10.8. The summed E-state index contributed by atoms with van der Waals surface area (Å²) in [5.74, 6) is -2.00. The number of carboxylic acid groups (broad SMARTS) is 2. The lowest BCUT2D eigenvalue weighted by Gasteiger charge is -2.49. The van der Waals surface area contributed by atoms with E-state index < -0.39 is 28.4 Å². The molecule has 0 amide bonds. The summed E-state index contributed by atoms with van der Waals surface area (Å²) in [6.07, 6.45) is 0. The van der Waals surface area contributed by atoms with Crippen molar-refractivity contribution in [3.05, 3.63) is 0 Å². The molecule has 0 aliphatic heterocycles. The molecular weight excluding hydrogens is 344 g/mol. The highest BCUT2D eigenvalue weighted by Crippen LogP contribution is 2.47. The van der Waals surface area contributed by atoms with Gasteiger partial charge in [0, 0.05) is 10.8 Å². The Morgan fingerprint density at radius 2 is 1.08 bits per heavy atom. The van der Waals surface area contributed by atoms with E-state index in [-0.39, 0.29) is 33.0 Å². The van der Waals surface area contributed by atoms with Crippen LogP contribution in [0.15, 0.2) is 0 Å². The van der Waals surface area contributed by atoms with E-state index in [1.165, 1.54) is 0 Å². The van der Waals surface area contributed by atoms with Crippen LogP contribution in [0, 0.1) is 10.8 Å². The standard InChI is InChI=1S/C18H34O8/c1-16(2,3)18(15(21)22,17(4,5)6)26-12-11-24-8-7-23-9-10-25-13-14(19)20/h7-13H2,1-6H3,(H,19,20)(H,21,22). The van der Waals surface area contributed by atoms with Gasteiger partial charge in [0.1, 0.15) is 6.61 Å². The maximum Gasteiger partial charge on any atom is 0.337 e. The van der Waals surface area contributed by atoms with E-state index in [0.717, 1.165) is 0 Å². The van der Waals surface area contributed by atoms with Crippen molar-refractivity contribution >= 4 is 11.9 Å². The number of carboxylic acids is 2. The Morgan fingerprint density at radius 1 is 0.692 bits per heavy atom. The molecule has 0 bridgehead atoms. The van der Waals surface area contributed by atoms with Crippen LogP contribution in [0.25, 0.3) is 0 Å². The fourth-order valence-electron chi connectivity index (χ4n) is 3.11. The van der Waals surface area contributed by atoms with Crippen LogP contribution in [-0.4, -0.2) is 74.0 Å². The average molecular weight is 378 g/mol. The Morgan fingerprint density at radius 3 is 1.42 bits per heavy atom. The third-order valence-electron chi connectivity index (χ3n) is 3.93. The molecule has 0 unspecified atom stereocenters. The lowest BCUT2D eigenvalue weighted by atomic mass is 9.62. The summed E-state index contributed by atoms with van der Waals surface area (Å²) in [4.78, 5) is 22.3. The molecule has 0 aliphatic rings. The van der Waals surface area contributed by atoms with E-state index in [9.17, 15) is 14.7 Å². The molecule has 0 aromatic carbocycles. The molecule has 0 fully saturated rings. The summed E-state index contributed by atoms with van der Waals surface area (Å²) < 4.78 is 21.3. The van der Waals surface area contributed by atoms with Crippen LogP contribution < -0.4 is 0 Å². The molecule has 0 radical (unpaired) electrons. The van der Waals surface area contributed by atoms with Crippen molar-refractivity contribution in [2.45, 2.75) is 47.1 Å². The van der Waals surface area contributed by atoms with Gasteiger partial charge in [-0.1, -0.05) is 41.5 Å². The smallest absolute Gasteiger partial charge is 0.337 e. The monoisotopic (exact) mass is 378 g/mol. The van der Waals surface area contributed by atoms with E-state index in [1.54, 1.807) is 0 Å². The largest absolute Gasteiger partial charge is 0.480 e. The van der Waals surface area contributed by atoms with Gasteiger partial charge in [-0.3, -0.25) is 0 Å². The zero-order valence-electron chi connectivity index (χ0n) is 16.8. The summed E-state index contributed by atoms with van der Waals surface area (Å²) in [5.41, 5.74) is -2.55. The Hall–Kier alpha value is -1.22. The SMILES string of the molecule is CC(C)(C)C(OCCOCCOCCOCC(=O)O)(C(=O)O)C(C)(C)C. The summed E-state index contributed by atoms with van der Waals surface area (Å²) in [7, 11) is 0. The molecular formula is C18H34O8. The van der Waals surface area contributed by atoms with Gasteiger partial charge in [0.05, 0.1) is 39.6 Å². The molecule has 26 heavy (non-hydrogen) atoms. The molecule has 8 heteroatoms. The molecule has 154 valence electrons. The second-order valence-electron chi connectivity index (χ2n) is 8.01. The highest BCUT2D eigenvalue weighted by Gasteiger charge is 2.58. The lowest BCUT2D eigenvalue weighted by Crippen LogP contribution is -2.61. The minimum absolute atomic E-state index is 0.155. The first kappa shape index (κ1) is 24.8. The lowest BCUT2D eigenvalue weighted by molar-refractivity contribution is -0.213. The first-order valence-corrected chi connectivity index (χ1v) is 8.68. The number of hydrogen-bond acceptors (Lipinski definition) is 6. The Balaban J connectivity index is 4.16. The van der Waals surface area contributed by atoms with Crippen molar-refractivity contribution in [3.63, 3.8) is 0 Å². The molecule has 0 aromatic heterocycles. The normalized spacial score (nSPS) is 13.0. The van der Waals surface area contributed by atoms with E-state index in [4.69, 9.17) is 24.1 Å². The fourth-order valence-corrected chi connectivity index (χ4v) is 3.11. The molecule has 0 saturated heterocycles. The molecule has 2 N–H and O–H groups in total. The molecule has 0 atom stereocenters. The van der Waals surface area contributed by atoms with Crippen LogP contribution in [0.2, 0.25) is 0 Å². The van der Waals surface area contributed by atoms with Gasteiger partial charge in [-0.05, 0) is 0 Å². The topological polar surface area (TPSA) is 112 Å². The van der Waals surface area contributed by atoms with Crippen LogP contribution in [0.4, 0.5) is 0 Å². The predicted molar refractivity (Wildman–Crippen MR) is 95.3 cm³/mol. The van der Waals surface area contributed by atoms with Crippen LogP contribution in [0.3, 0.4) is 0 Å². The van der Waals surface area contributed by atoms with E-state index >= 15 is 0 Å². The van der Waals surface area contributed by atoms with Gasteiger partial charge in [-0.2, -0.15) is 0 Å². The van der Waals surface area contributed by atoms with Crippen molar-refractivity contribution < 1.29 is 38.7 Å². The maximum atomic E-state index is 12.0. The summed E-state index contributed by atoms with van der Waals surface area (Å²) in [5, 5.41) is 18.2. The van der Waals surface area contributed by atoms with Gasteiger partial charge >= 0.3 is 11.9 Å². The summed E-state index contributed by atoms with van der Waals surface area (Å²) in [6, 6.07) is 0. The quantitative estimate of drug-likeness (QED) is 0.468. The van der Waals surface area contributed by atoms with Crippen LogP contribution in [0.5, 0.6) is 0 Å². The zero-order valence-corrected chi connectivity index (χ0v) is 16.8. The number of hydrogen-bond donors (Lipinski definition) is 2. The third kappa shape index (κ3) is 7.57. The Bertz CT molecular complexity index is 419. The molecule has 0 saturated carbocycles. The zero-order chi connectivity index (χ0) is 20.4. The van der Waals surface area contributed by atoms with Crippen LogP contribution in [-0.2, 0) is 28.5 Å². The van der Waals surface area contributed by atoms with E-state index in [0.29, 0.717) is 13.2 Å². The van der Waals surface area contributed by atoms with Crippen molar-refractivity contribution in [1.29, 1.82) is 0 Å². The van der Waals surface area contributed by atoms with Gasteiger partial charge in [0.15, 0.2) is 5.60 Å².